The number of carbonyl (C=O) groups excluding carboxylic acids is 1. The van der Waals surface area contributed by atoms with E-state index in [0.29, 0.717) is 11.3 Å². The average Bonchev–Trinajstić information content (AvgIpc) is 3.38. The molecule has 0 atom stereocenters. The van der Waals surface area contributed by atoms with Gasteiger partial charge in [0.2, 0.25) is 0 Å². The summed E-state index contributed by atoms with van der Waals surface area (Å²) < 4.78 is 7.36. The number of rotatable bonds is 5. The number of carbonyl (C=O) groups is 1. The minimum atomic E-state index is -0.122. The first kappa shape index (κ1) is 21.7. The van der Waals surface area contributed by atoms with Crippen molar-refractivity contribution < 1.29 is 4.79 Å². The fourth-order valence-electron chi connectivity index (χ4n) is 4.83. The van der Waals surface area contributed by atoms with Gasteiger partial charge >= 0.3 is 0 Å². The van der Waals surface area contributed by atoms with E-state index >= 15 is 0 Å². The molecule has 0 spiro atoms. The predicted molar refractivity (Wildman–Crippen MR) is 133 cm³/mol. The van der Waals surface area contributed by atoms with Crippen LogP contribution in [0.4, 0.5) is 0 Å². The second kappa shape index (κ2) is 8.02. The Morgan fingerprint density at radius 1 is 0.912 bits per heavy atom. The average molecular weight is 454 g/mol. The molecule has 0 saturated carbocycles. The molecule has 0 N–H and O–H groups in total. The zero-order valence-electron chi connectivity index (χ0n) is 20.0. The second-order valence-corrected chi connectivity index (χ2v) is 8.69. The number of para-hydroxylation sites is 3. The van der Waals surface area contributed by atoms with Gasteiger partial charge in [0, 0.05) is 24.0 Å². The fourth-order valence-corrected chi connectivity index (χ4v) is 4.83. The number of imidazole rings is 1. The summed E-state index contributed by atoms with van der Waals surface area (Å²) >= 11 is 0. The quantitative estimate of drug-likeness (QED) is 0.370. The van der Waals surface area contributed by atoms with Crippen LogP contribution in [0.1, 0.15) is 33.3 Å². The monoisotopic (exact) mass is 453 g/mol. The van der Waals surface area contributed by atoms with Crippen molar-refractivity contribution in [3.63, 3.8) is 0 Å². The van der Waals surface area contributed by atoms with E-state index in [2.05, 4.69) is 4.98 Å². The summed E-state index contributed by atoms with van der Waals surface area (Å²) in [4.78, 5) is 31.6. The van der Waals surface area contributed by atoms with Gasteiger partial charge in [-0.2, -0.15) is 0 Å². The zero-order valence-corrected chi connectivity index (χ0v) is 20.0. The van der Waals surface area contributed by atoms with Gasteiger partial charge in [-0.3, -0.25) is 14.3 Å². The number of fused-ring (bicyclic) bond motifs is 1. The molecule has 7 heteroatoms. The lowest BCUT2D eigenvalue weighted by atomic mass is 10.1. The Morgan fingerprint density at radius 2 is 1.59 bits per heavy atom. The van der Waals surface area contributed by atoms with Gasteiger partial charge in [0.15, 0.2) is 5.78 Å². The number of aryl methyl sites for hydroxylation is 2. The topological polar surface area (TPSA) is 66.8 Å². The molecule has 172 valence electrons. The molecule has 5 aromatic rings. The molecule has 0 radical (unpaired) electrons. The van der Waals surface area contributed by atoms with E-state index in [1.54, 1.807) is 4.68 Å². The summed E-state index contributed by atoms with van der Waals surface area (Å²) in [7, 11) is 1.88. The van der Waals surface area contributed by atoms with E-state index in [1.807, 2.05) is 109 Å². The number of hydrogen-bond donors (Lipinski definition) is 0. The largest absolute Gasteiger partial charge is 0.320 e. The van der Waals surface area contributed by atoms with Crippen LogP contribution in [0.25, 0.3) is 22.4 Å². The molecule has 5 rings (SSSR count). The van der Waals surface area contributed by atoms with Crippen LogP contribution in [0.3, 0.4) is 0 Å². The molecule has 0 aliphatic heterocycles. The molecule has 0 fully saturated rings. The van der Waals surface area contributed by atoms with Crippen molar-refractivity contribution >= 4 is 16.8 Å². The Balaban J connectivity index is 1.59. The first-order chi connectivity index (χ1) is 16.3. The lowest BCUT2D eigenvalue weighted by Crippen LogP contribution is -2.22. The Hall–Kier alpha value is -4.13. The molecule has 0 aliphatic carbocycles. The number of nitrogens with zero attached hydrogens (tertiary/aromatic N) is 5. The molecule has 0 bridgehead atoms. The molecule has 3 aromatic heterocycles. The lowest BCUT2D eigenvalue weighted by molar-refractivity contribution is 0.0972. The van der Waals surface area contributed by atoms with Gasteiger partial charge < -0.3 is 9.13 Å². The maximum absolute atomic E-state index is 13.6. The smallest absolute Gasteiger partial charge is 0.295 e. The van der Waals surface area contributed by atoms with Crippen LogP contribution in [0.2, 0.25) is 0 Å². The normalized spacial score (nSPS) is 11.4. The summed E-state index contributed by atoms with van der Waals surface area (Å²) in [6, 6.07) is 19.3. The molecule has 7 nitrogen and oxygen atoms in total. The number of ketones is 1. The standard InChI is InChI=1S/C27H27N5O2/c1-17-15-22(25(33)16-30-20(4)28-23-13-9-10-14-24(23)30)18(2)31(17)26-19(3)29(5)32(27(26)34)21-11-7-6-8-12-21/h6-15H,16H2,1-5H3. The molecule has 0 aliphatic rings. The zero-order chi connectivity index (χ0) is 24.1. The SMILES string of the molecule is Cc1cc(C(=O)Cn2c(C)nc3ccccc32)c(C)n1-c1c(C)n(C)n(-c2ccccc2)c1=O. The Morgan fingerprint density at radius 3 is 2.32 bits per heavy atom. The highest BCUT2D eigenvalue weighted by molar-refractivity contribution is 5.98. The van der Waals surface area contributed by atoms with Gasteiger partial charge in [-0.1, -0.05) is 30.3 Å². The van der Waals surface area contributed by atoms with Crippen LogP contribution >= 0.6 is 0 Å². The maximum atomic E-state index is 13.6. The van der Waals surface area contributed by atoms with Crippen molar-refractivity contribution in [2.75, 3.05) is 0 Å². The van der Waals surface area contributed by atoms with Crippen molar-refractivity contribution in [2.45, 2.75) is 34.2 Å². The highest BCUT2D eigenvalue weighted by atomic mass is 16.1. The van der Waals surface area contributed by atoms with Gasteiger partial charge in [-0.15, -0.1) is 0 Å². The van der Waals surface area contributed by atoms with E-state index in [-0.39, 0.29) is 17.9 Å². The third-order valence-corrected chi connectivity index (χ3v) is 6.63. The first-order valence-electron chi connectivity index (χ1n) is 11.3. The van der Waals surface area contributed by atoms with Crippen molar-refractivity contribution in [1.29, 1.82) is 0 Å². The predicted octanol–water partition coefficient (Wildman–Crippen LogP) is 4.43. The van der Waals surface area contributed by atoms with E-state index in [0.717, 1.165) is 39.6 Å². The fraction of sp³-hybridized carbons (Fsp3) is 0.222. The van der Waals surface area contributed by atoms with Gasteiger partial charge in [-0.05, 0) is 58.0 Å². The number of hydrogen-bond acceptors (Lipinski definition) is 3. The summed E-state index contributed by atoms with van der Waals surface area (Å²) in [6.07, 6.45) is 0. The highest BCUT2D eigenvalue weighted by Crippen LogP contribution is 2.24. The molecule has 0 unspecified atom stereocenters. The molecule has 0 saturated heterocycles. The van der Waals surface area contributed by atoms with Crippen LogP contribution in [-0.2, 0) is 13.6 Å². The van der Waals surface area contributed by atoms with E-state index in [1.165, 1.54) is 0 Å². The maximum Gasteiger partial charge on any atom is 0.295 e. The molecule has 3 heterocycles. The van der Waals surface area contributed by atoms with Crippen LogP contribution in [-0.4, -0.2) is 29.3 Å². The van der Waals surface area contributed by atoms with Crippen molar-refractivity contribution in [2.24, 2.45) is 7.05 Å². The van der Waals surface area contributed by atoms with Gasteiger partial charge in [0.1, 0.15) is 11.5 Å². The number of aromatic nitrogens is 5. The number of Topliss-reactive ketones (excluding diaryl/α,β-unsaturated/α-hetero) is 1. The summed E-state index contributed by atoms with van der Waals surface area (Å²) in [6.45, 7) is 7.87. The first-order valence-corrected chi connectivity index (χ1v) is 11.3. The van der Waals surface area contributed by atoms with Crippen LogP contribution in [0.5, 0.6) is 0 Å². The van der Waals surface area contributed by atoms with Crippen molar-refractivity contribution in [1.82, 2.24) is 23.5 Å². The van der Waals surface area contributed by atoms with E-state index in [9.17, 15) is 9.59 Å². The van der Waals surface area contributed by atoms with Crippen LogP contribution < -0.4 is 5.56 Å². The van der Waals surface area contributed by atoms with Crippen molar-refractivity contribution in [3.8, 4) is 11.4 Å². The Kier molecular flexibility index (Phi) is 5.12. The summed E-state index contributed by atoms with van der Waals surface area (Å²) in [5.41, 5.74) is 6.09. The molecule has 2 aromatic carbocycles. The Labute approximate surface area is 197 Å². The van der Waals surface area contributed by atoms with Crippen molar-refractivity contribution in [3.05, 3.63) is 99.5 Å². The molecular weight excluding hydrogens is 426 g/mol. The van der Waals surface area contributed by atoms with E-state index in [4.69, 9.17) is 0 Å². The minimum Gasteiger partial charge on any atom is -0.320 e. The van der Waals surface area contributed by atoms with E-state index < -0.39 is 0 Å². The van der Waals surface area contributed by atoms with Crippen LogP contribution in [0.15, 0.2) is 65.5 Å². The lowest BCUT2D eigenvalue weighted by Gasteiger charge is -2.09. The molecule has 34 heavy (non-hydrogen) atoms. The minimum absolute atomic E-state index is 0.0115. The second-order valence-electron chi connectivity index (χ2n) is 8.69. The number of benzene rings is 2. The molecule has 0 amide bonds. The van der Waals surface area contributed by atoms with Crippen LogP contribution in [0, 0.1) is 27.7 Å². The van der Waals surface area contributed by atoms with Gasteiger partial charge in [0.05, 0.1) is 29.0 Å². The Bertz CT molecular complexity index is 1610. The summed E-state index contributed by atoms with van der Waals surface area (Å²) in [5, 5.41) is 0. The third-order valence-electron chi connectivity index (χ3n) is 6.63. The highest BCUT2D eigenvalue weighted by Gasteiger charge is 2.24. The third kappa shape index (κ3) is 3.23. The summed E-state index contributed by atoms with van der Waals surface area (Å²) in [5.74, 6) is 0.788. The van der Waals surface area contributed by atoms with Gasteiger partial charge in [0.25, 0.3) is 5.56 Å². The van der Waals surface area contributed by atoms with Gasteiger partial charge in [-0.25, -0.2) is 9.67 Å². The molecular formula is C27H27N5O2.